The molecule has 0 saturated heterocycles. The normalized spacial score (nSPS) is 11.9. The number of hydrogen-bond donors (Lipinski definition) is 1. The molecule has 0 radical (unpaired) electrons. The zero-order valence-corrected chi connectivity index (χ0v) is 10.5. The molecule has 1 aromatic heterocycles. The monoisotopic (exact) mass is 261 g/mol. The highest BCUT2D eigenvalue weighted by Crippen LogP contribution is 2.35. The lowest BCUT2D eigenvalue weighted by atomic mass is 10.1. The van der Waals surface area contributed by atoms with E-state index >= 15 is 0 Å². The SMILES string of the molecule is CC(C)CN(CCN)c1ncccc1C(F)(F)F. The Kier molecular flexibility index (Phi) is 4.95. The van der Waals surface area contributed by atoms with Gasteiger partial charge in [-0.3, -0.25) is 0 Å². The largest absolute Gasteiger partial charge is 0.419 e. The highest BCUT2D eigenvalue weighted by Gasteiger charge is 2.35. The minimum Gasteiger partial charge on any atom is -0.355 e. The molecule has 0 saturated carbocycles. The average Bonchev–Trinajstić information content (AvgIpc) is 2.27. The maximum Gasteiger partial charge on any atom is 0.419 e. The standard InChI is InChI=1S/C12H18F3N3/c1-9(2)8-18(7-5-16)11-10(12(13,14)15)4-3-6-17-11/h3-4,6,9H,5,7-8,16H2,1-2H3. The summed E-state index contributed by atoms with van der Waals surface area (Å²) < 4.78 is 38.7. The Morgan fingerprint density at radius 3 is 2.56 bits per heavy atom. The van der Waals surface area contributed by atoms with Crippen LogP contribution in [0, 0.1) is 5.92 Å². The van der Waals surface area contributed by atoms with E-state index in [2.05, 4.69) is 4.98 Å². The summed E-state index contributed by atoms with van der Waals surface area (Å²) in [4.78, 5) is 5.46. The molecule has 0 amide bonds. The van der Waals surface area contributed by atoms with E-state index in [0.29, 0.717) is 19.6 Å². The minimum absolute atomic E-state index is 0.0378. The first-order valence-corrected chi connectivity index (χ1v) is 5.83. The Labute approximate surface area is 105 Å². The number of anilines is 1. The highest BCUT2D eigenvalue weighted by molar-refractivity contribution is 5.48. The minimum atomic E-state index is -4.40. The summed E-state index contributed by atoms with van der Waals surface area (Å²) in [5.74, 6) is 0.198. The van der Waals surface area contributed by atoms with Crippen molar-refractivity contribution in [1.29, 1.82) is 0 Å². The maximum atomic E-state index is 12.9. The molecule has 0 spiro atoms. The second kappa shape index (κ2) is 6.04. The molecule has 0 aliphatic carbocycles. The first kappa shape index (κ1) is 14.8. The zero-order chi connectivity index (χ0) is 13.8. The van der Waals surface area contributed by atoms with Gasteiger partial charge in [-0.25, -0.2) is 4.98 Å². The van der Waals surface area contributed by atoms with Gasteiger partial charge in [0.05, 0.1) is 5.56 Å². The molecule has 1 heterocycles. The van der Waals surface area contributed by atoms with Gasteiger partial charge in [-0.05, 0) is 18.1 Å². The van der Waals surface area contributed by atoms with Crippen molar-refractivity contribution in [2.75, 3.05) is 24.5 Å². The van der Waals surface area contributed by atoms with E-state index in [4.69, 9.17) is 5.73 Å². The third-order valence-corrected chi connectivity index (χ3v) is 2.38. The van der Waals surface area contributed by atoms with Crippen LogP contribution >= 0.6 is 0 Å². The molecule has 3 nitrogen and oxygen atoms in total. The lowest BCUT2D eigenvalue weighted by Gasteiger charge is -2.27. The molecule has 2 N–H and O–H groups in total. The van der Waals surface area contributed by atoms with E-state index < -0.39 is 11.7 Å². The maximum absolute atomic E-state index is 12.9. The molecule has 0 bridgehead atoms. The molecule has 0 aliphatic heterocycles. The molecule has 18 heavy (non-hydrogen) atoms. The summed E-state index contributed by atoms with van der Waals surface area (Å²) in [6.07, 6.45) is -3.03. The average molecular weight is 261 g/mol. The van der Waals surface area contributed by atoms with Crippen molar-refractivity contribution < 1.29 is 13.2 Å². The third-order valence-electron chi connectivity index (χ3n) is 2.38. The van der Waals surface area contributed by atoms with Crippen molar-refractivity contribution in [3.05, 3.63) is 23.9 Å². The van der Waals surface area contributed by atoms with Gasteiger partial charge in [-0.1, -0.05) is 13.8 Å². The van der Waals surface area contributed by atoms with Crippen LogP contribution in [0.4, 0.5) is 19.0 Å². The summed E-state index contributed by atoms with van der Waals surface area (Å²) in [5.41, 5.74) is 4.74. The third kappa shape index (κ3) is 3.87. The fourth-order valence-corrected chi connectivity index (χ4v) is 1.75. The first-order chi connectivity index (χ1) is 8.36. The van der Waals surface area contributed by atoms with Crippen molar-refractivity contribution >= 4 is 5.82 Å². The molecule has 0 atom stereocenters. The van der Waals surface area contributed by atoms with E-state index in [1.165, 1.54) is 12.3 Å². The van der Waals surface area contributed by atoms with Crippen LogP contribution < -0.4 is 10.6 Å². The van der Waals surface area contributed by atoms with Crippen LogP contribution in [0.25, 0.3) is 0 Å². The number of aromatic nitrogens is 1. The number of rotatable bonds is 5. The van der Waals surface area contributed by atoms with Crippen LogP contribution in [-0.4, -0.2) is 24.6 Å². The molecule has 0 fully saturated rings. The van der Waals surface area contributed by atoms with E-state index in [-0.39, 0.29) is 11.7 Å². The molecule has 0 aromatic carbocycles. The Morgan fingerprint density at radius 2 is 2.06 bits per heavy atom. The van der Waals surface area contributed by atoms with Crippen molar-refractivity contribution in [2.45, 2.75) is 20.0 Å². The number of nitrogens with two attached hydrogens (primary N) is 1. The summed E-state index contributed by atoms with van der Waals surface area (Å²) in [6.45, 7) is 5.04. The van der Waals surface area contributed by atoms with Gasteiger partial charge in [-0.2, -0.15) is 13.2 Å². The Morgan fingerprint density at radius 1 is 1.39 bits per heavy atom. The van der Waals surface area contributed by atoms with Crippen molar-refractivity contribution in [1.82, 2.24) is 4.98 Å². The smallest absolute Gasteiger partial charge is 0.355 e. The number of pyridine rings is 1. The van der Waals surface area contributed by atoms with Gasteiger partial charge in [0.15, 0.2) is 0 Å². The van der Waals surface area contributed by atoms with Gasteiger partial charge in [0, 0.05) is 25.8 Å². The molecule has 102 valence electrons. The predicted molar refractivity (Wildman–Crippen MR) is 65.3 cm³/mol. The van der Waals surface area contributed by atoms with Gasteiger partial charge < -0.3 is 10.6 Å². The Hall–Kier alpha value is -1.30. The molecule has 1 rings (SSSR count). The van der Waals surface area contributed by atoms with Gasteiger partial charge in [0.25, 0.3) is 0 Å². The summed E-state index contributed by atoms with van der Waals surface area (Å²) in [5, 5.41) is 0. The van der Waals surface area contributed by atoms with Crippen LogP contribution in [0.3, 0.4) is 0 Å². The lowest BCUT2D eigenvalue weighted by molar-refractivity contribution is -0.137. The Balaban J connectivity index is 3.11. The van der Waals surface area contributed by atoms with Crippen molar-refractivity contribution in [3.8, 4) is 0 Å². The van der Waals surface area contributed by atoms with E-state index in [9.17, 15) is 13.2 Å². The molecule has 0 aliphatic rings. The van der Waals surface area contributed by atoms with Crippen LogP contribution in [0.5, 0.6) is 0 Å². The number of halogens is 3. The summed E-state index contributed by atoms with van der Waals surface area (Å²) >= 11 is 0. The van der Waals surface area contributed by atoms with E-state index in [1.54, 1.807) is 4.90 Å². The fourth-order valence-electron chi connectivity index (χ4n) is 1.75. The van der Waals surface area contributed by atoms with Crippen molar-refractivity contribution in [2.24, 2.45) is 11.7 Å². The molecule has 6 heteroatoms. The van der Waals surface area contributed by atoms with Crippen LogP contribution in [0.2, 0.25) is 0 Å². The number of nitrogens with zero attached hydrogens (tertiary/aromatic N) is 2. The Bertz CT molecular complexity index is 377. The van der Waals surface area contributed by atoms with Gasteiger partial charge in [-0.15, -0.1) is 0 Å². The molecular formula is C12H18F3N3. The fraction of sp³-hybridized carbons (Fsp3) is 0.583. The highest BCUT2D eigenvalue weighted by atomic mass is 19.4. The molecule has 1 aromatic rings. The van der Waals surface area contributed by atoms with Crippen LogP contribution in [0.1, 0.15) is 19.4 Å². The summed E-state index contributed by atoms with van der Waals surface area (Å²) in [6, 6.07) is 2.34. The quantitative estimate of drug-likeness (QED) is 0.885. The molecule has 0 unspecified atom stereocenters. The predicted octanol–water partition coefficient (Wildman–Crippen LogP) is 2.52. The van der Waals surface area contributed by atoms with Gasteiger partial charge >= 0.3 is 6.18 Å². The van der Waals surface area contributed by atoms with E-state index in [0.717, 1.165) is 6.07 Å². The number of alkyl halides is 3. The van der Waals surface area contributed by atoms with Crippen LogP contribution in [0.15, 0.2) is 18.3 Å². The van der Waals surface area contributed by atoms with Crippen molar-refractivity contribution in [3.63, 3.8) is 0 Å². The zero-order valence-electron chi connectivity index (χ0n) is 10.5. The van der Waals surface area contributed by atoms with E-state index in [1.807, 2.05) is 13.8 Å². The van der Waals surface area contributed by atoms with Gasteiger partial charge in [0.2, 0.25) is 0 Å². The second-order valence-corrected chi connectivity index (χ2v) is 4.50. The number of hydrogen-bond acceptors (Lipinski definition) is 3. The topological polar surface area (TPSA) is 42.1 Å². The molecular weight excluding hydrogens is 243 g/mol. The summed E-state index contributed by atoms with van der Waals surface area (Å²) in [7, 11) is 0. The van der Waals surface area contributed by atoms with Crippen LogP contribution in [-0.2, 0) is 6.18 Å². The first-order valence-electron chi connectivity index (χ1n) is 5.83. The second-order valence-electron chi connectivity index (χ2n) is 4.50. The van der Waals surface area contributed by atoms with Gasteiger partial charge in [0.1, 0.15) is 5.82 Å². The lowest BCUT2D eigenvalue weighted by Crippen LogP contribution is -2.34.